The second-order valence-corrected chi connectivity index (χ2v) is 7.26. The first-order chi connectivity index (χ1) is 10.2. The number of halogens is 2. The smallest absolute Gasteiger partial charge is 0.142 e. The second kappa shape index (κ2) is 6.66. The Hall–Kier alpha value is -0.600. The predicted octanol–water partition coefficient (Wildman–Crippen LogP) is 5.35. The molecule has 0 aliphatic heterocycles. The standard InChI is InChI=1S/C18H25ClFN/c1-2-7-21-18(14-5-6-16(19)17(20)10-14)11-15-9-12-3-4-13(15)8-12/h5-6,10,12-13,15,18,21H,2-4,7-9,11H2,1H3. The molecule has 0 heterocycles. The number of hydrogen-bond acceptors (Lipinski definition) is 1. The average Bonchev–Trinajstić information content (AvgIpc) is 3.09. The van der Waals surface area contributed by atoms with Gasteiger partial charge in [0, 0.05) is 6.04 Å². The Morgan fingerprint density at radius 3 is 2.81 bits per heavy atom. The molecule has 4 atom stereocenters. The minimum atomic E-state index is -0.301. The maximum Gasteiger partial charge on any atom is 0.142 e. The first kappa shape index (κ1) is 15.3. The number of rotatable bonds is 6. The summed E-state index contributed by atoms with van der Waals surface area (Å²) in [6, 6.07) is 5.55. The minimum Gasteiger partial charge on any atom is -0.310 e. The van der Waals surface area contributed by atoms with Crippen LogP contribution in [0.25, 0.3) is 0 Å². The van der Waals surface area contributed by atoms with Gasteiger partial charge in [0.1, 0.15) is 5.82 Å². The first-order valence-electron chi connectivity index (χ1n) is 8.35. The third-order valence-corrected chi connectivity index (χ3v) is 5.72. The van der Waals surface area contributed by atoms with E-state index < -0.39 is 0 Å². The highest BCUT2D eigenvalue weighted by Gasteiger charge is 2.40. The molecule has 1 N–H and O–H groups in total. The van der Waals surface area contributed by atoms with Gasteiger partial charge in [-0.15, -0.1) is 0 Å². The lowest BCUT2D eigenvalue weighted by Crippen LogP contribution is -2.26. The van der Waals surface area contributed by atoms with Crippen LogP contribution in [0, 0.1) is 23.6 Å². The van der Waals surface area contributed by atoms with Crippen LogP contribution in [-0.4, -0.2) is 6.54 Å². The van der Waals surface area contributed by atoms with Gasteiger partial charge in [-0.1, -0.05) is 31.0 Å². The molecule has 2 saturated carbocycles. The van der Waals surface area contributed by atoms with Crippen molar-refractivity contribution in [2.75, 3.05) is 6.54 Å². The molecule has 0 radical (unpaired) electrons. The summed E-state index contributed by atoms with van der Waals surface area (Å²) in [5.41, 5.74) is 1.05. The zero-order valence-electron chi connectivity index (χ0n) is 12.7. The molecule has 2 bridgehead atoms. The molecular weight excluding hydrogens is 285 g/mol. The summed E-state index contributed by atoms with van der Waals surface area (Å²) >= 11 is 5.82. The molecule has 1 nitrogen and oxygen atoms in total. The van der Waals surface area contributed by atoms with E-state index >= 15 is 0 Å². The van der Waals surface area contributed by atoms with E-state index in [1.165, 1.54) is 25.7 Å². The lowest BCUT2D eigenvalue weighted by atomic mass is 9.82. The molecule has 4 unspecified atom stereocenters. The third-order valence-electron chi connectivity index (χ3n) is 5.41. The van der Waals surface area contributed by atoms with E-state index in [2.05, 4.69) is 12.2 Å². The van der Waals surface area contributed by atoms with Crippen LogP contribution in [0.15, 0.2) is 18.2 Å². The molecule has 116 valence electrons. The highest BCUT2D eigenvalue weighted by Crippen LogP contribution is 2.51. The fraction of sp³-hybridized carbons (Fsp3) is 0.667. The van der Waals surface area contributed by atoms with Gasteiger partial charge in [-0.2, -0.15) is 0 Å². The van der Waals surface area contributed by atoms with E-state index in [4.69, 9.17) is 11.6 Å². The highest BCUT2D eigenvalue weighted by atomic mass is 35.5. The van der Waals surface area contributed by atoms with Crippen LogP contribution in [0.2, 0.25) is 5.02 Å². The topological polar surface area (TPSA) is 12.0 Å². The largest absolute Gasteiger partial charge is 0.310 e. The lowest BCUT2D eigenvalue weighted by Gasteiger charge is -2.28. The van der Waals surface area contributed by atoms with E-state index in [9.17, 15) is 4.39 Å². The van der Waals surface area contributed by atoms with Gasteiger partial charge < -0.3 is 5.32 Å². The zero-order valence-corrected chi connectivity index (χ0v) is 13.5. The number of nitrogens with one attached hydrogen (secondary N) is 1. The normalized spacial score (nSPS) is 29.0. The van der Waals surface area contributed by atoms with Gasteiger partial charge in [0.25, 0.3) is 0 Å². The maximum absolute atomic E-state index is 13.8. The van der Waals surface area contributed by atoms with Crippen molar-refractivity contribution < 1.29 is 4.39 Å². The highest BCUT2D eigenvalue weighted by molar-refractivity contribution is 6.30. The van der Waals surface area contributed by atoms with Gasteiger partial charge in [0.05, 0.1) is 5.02 Å². The molecule has 3 heteroatoms. The van der Waals surface area contributed by atoms with Crippen molar-refractivity contribution in [3.8, 4) is 0 Å². The summed E-state index contributed by atoms with van der Waals surface area (Å²) < 4.78 is 13.8. The molecule has 2 fully saturated rings. The van der Waals surface area contributed by atoms with Crippen LogP contribution < -0.4 is 5.32 Å². The molecule has 0 amide bonds. The van der Waals surface area contributed by atoms with E-state index in [0.717, 1.165) is 42.7 Å². The Balaban J connectivity index is 1.72. The second-order valence-electron chi connectivity index (χ2n) is 6.85. The van der Waals surface area contributed by atoms with Crippen molar-refractivity contribution in [2.24, 2.45) is 17.8 Å². The molecule has 0 aromatic heterocycles. The fourth-order valence-electron chi connectivity index (χ4n) is 4.35. The SMILES string of the molecule is CCCNC(CC1CC2CCC1C2)c1ccc(Cl)c(F)c1. The lowest BCUT2D eigenvalue weighted by molar-refractivity contribution is 0.279. The predicted molar refractivity (Wildman–Crippen MR) is 86.0 cm³/mol. The van der Waals surface area contributed by atoms with Crippen LogP contribution in [0.3, 0.4) is 0 Å². The van der Waals surface area contributed by atoms with Gasteiger partial charge in [-0.05, 0) is 74.1 Å². The van der Waals surface area contributed by atoms with Gasteiger partial charge in [-0.25, -0.2) is 4.39 Å². The van der Waals surface area contributed by atoms with Crippen molar-refractivity contribution >= 4 is 11.6 Å². The molecule has 1 aromatic carbocycles. The maximum atomic E-state index is 13.8. The van der Waals surface area contributed by atoms with E-state index in [1.54, 1.807) is 12.1 Å². The Labute approximate surface area is 132 Å². The summed E-state index contributed by atoms with van der Waals surface area (Å²) in [5, 5.41) is 3.82. The minimum absolute atomic E-state index is 0.216. The molecule has 0 saturated heterocycles. The van der Waals surface area contributed by atoms with Gasteiger partial charge in [0.15, 0.2) is 0 Å². The molecule has 3 rings (SSSR count). The molecule has 2 aliphatic carbocycles. The number of hydrogen-bond donors (Lipinski definition) is 1. The Bertz CT molecular complexity index is 490. The van der Waals surface area contributed by atoms with Gasteiger partial charge in [0.2, 0.25) is 0 Å². The van der Waals surface area contributed by atoms with E-state index in [1.807, 2.05) is 6.07 Å². The average molecular weight is 310 g/mol. The first-order valence-corrected chi connectivity index (χ1v) is 8.73. The van der Waals surface area contributed by atoms with Crippen LogP contribution in [0.4, 0.5) is 4.39 Å². The van der Waals surface area contributed by atoms with Gasteiger partial charge >= 0.3 is 0 Å². The van der Waals surface area contributed by atoms with Crippen molar-refractivity contribution in [2.45, 2.75) is 51.5 Å². The van der Waals surface area contributed by atoms with Crippen LogP contribution in [0.5, 0.6) is 0 Å². The molecule has 0 spiro atoms. The van der Waals surface area contributed by atoms with Crippen LogP contribution in [0.1, 0.15) is 57.1 Å². The third kappa shape index (κ3) is 3.43. The summed E-state index contributed by atoms with van der Waals surface area (Å²) in [6.45, 7) is 3.15. The zero-order chi connectivity index (χ0) is 14.8. The van der Waals surface area contributed by atoms with E-state index in [0.29, 0.717) is 0 Å². The molecule has 21 heavy (non-hydrogen) atoms. The summed E-state index contributed by atoms with van der Waals surface area (Å²) in [6.07, 6.45) is 7.89. The van der Waals surface area contributed by atoms with E-state index in [-0.39, 0.29) is 16.9 Å². The van der Waals surface area contributed by atoms with Crippen molar-refractivity contribution in [1.82, 2.24) is 5.32 Å². The fourth-order valence-corrected chi connectivity index (χ4v) is 4.47. The Morgan fingerprint density at radius 2 is 2.19 bits per heavy atom. The van der Waals surface area contributed by atoms with Crippen molar-refractivity contribution in [3.63, 3.8) is 0 Å². The molecule has 1 aromatic rings. The van der Waals surface area contributed by atoms with Gasteiger partial charge in [-0.3, -0.25) is 0 Å². The number of fused-ring (bicyclic) bond motifs is 2. The summed E-state index contributed by atoms with van der Waals surface area (Å²) in [4.78, 5) is 0. The summed E-state index contributed by atoms with van der Waals surface area (Å²) in [7, 11) is 0. The van der Waals surface area contributed by atoms with Crippen molar-refractivity contribution in [1.29, 1.82) is 0 Å². The Kier molecular flexibility index (Phi) is 4.85. The van der Waals surface area contributed by atoms with Crippen LogP contribution in [-0.2, 0) is 0 Å². The summed E-state index contributed by atoms with van der Waals surface area (Å²) in [5.74, 6) is 2.40. The Morgan fingerprint density at radius 1 is 1.33 bits per heavy atom. The monoisotopic (exact) mass is 309 g/mol. The quantitative estimate of drug-likeness (QED) is 0.747. The number of benzene rings is 1. The van der Waals surface area contributed by atoms with Crippen LogP contribution >= 0.6 is 11.6 Å². The molecule has 2 aliphatic rings. The molecular formula is C18H25ClFN. The van der Waals surface area contributed by atoms with Crippen molar-refractivity contribution in [3.05, 3.63) is 34.6 Å².